The fraction of sp³-hybridized carbons (Fsp3) is 0.190. The highest BCUT2D eigenvalue weighted by Gasteiger charge is 2.13. The lowest BCUT2D eigenvalue weighted by Gasteiger charge is -2.04. The average Bonchev–Trinajstić information content (AvgIpc) is 3.11. The molecule has 2 heterocycles. The number of nitrogens with zero attached hydrogens (tertiary/aromatic N) is 1. The normalized spacial score (nSPS) is 11.3. The van der Waals surface area contributed by atoms with Crippen molar-refractivity contribution < 1.29 is 9.21 Å². The Bertz CT molecular complexity index is 1070. The SMILES string of the molecule is Cc1c(CNC(=O)Cc2cn(C)c3ccccc23)oc2ccccc12. The lowest BCUT2D eigenvalue weighted by Crippen LogP contribution is -2.24. The van der Waals surface area contributed by atoms with Gasteiger partial charge in [-0.1, -0.05) is 36.4 Å². The van der Waals surface area contributed by atoms with Crippen molar-refractivity contribution in [1.82, 2.24) is 9.88 Å². The lowest BCUT2D eigenvalue weighted by atomic mass is 10.1. The number of hydrogen-bond acceptors (Lipinski definition) is 2. The number of hydrogen-bond donors (Lipinski definition) is 1. The van der Waals surface area contributed by atoms with E-state index in [4.69, 9.17) is 4.42 Å². The van der Waals surface area contributed by atoms with Crippen molar-refractivity contribution in [2.75, 3.05) is 0 Å². The predicted molar refractivity (Wildman–Crippen MR) is 99.4 cm³/mol. The summed E-state index contributed by atoms with van der Waals surface area (Å²) in [6.07, 6.45) is 2.39. The fourth-order valence-electron chi connectivity index (χ4n) is 3.37. The molecule has 4 aromatic rings. The Hall–Kier alpha value is -3.01. The first-order chi connectivity index (χ1) is 12.1. The molecular weight excluding hydrogens is 312 g/mol. The second-order valence-corrected chi connectivity index (χ2v) is 6.38. The number of benzene rings is 2. The van der Waals surface area contributed by atoms with Crippen LogP contribution in [0.4, 0.5) is 0 Å². The van der Waals surface area contributed by atoms with Gasteiger partial charge in [0.1, 0.15) is 11.3 Å². The molecule has 2 aromatic heterocycles. The highest BCUT2D eigenvalue weighted by atomic mass is 16.3. The Kier molecular flexibility index (Phi) is 3.80. The van der Waals surface area contributed by atoms with Crippen LogP contribution < -0.4 is 5.32 Å². The van der Waals surface area contributed by atoms with Crippen LogP contribution in [0.3, 0.4) is 0 Å². The van der Waals surface area contributed by atoms with E-state index in [0.29, 0.717) is 13.0 Å². The molecule has 4 heteroatoms. The van der Waals surface area contributed by atoms with Gasteiger partial charge in [-0.3, -0.25) is 4.79 Å². The Balaban J connectivity index is 1.49. The molecule has 0 atom stereocenters. The predicted octanol–water partition coefficient (Wildman–Crippen LogP) is 4.09. The van der Waals surface area contributed by atoms with Crippen molar-refractivity contribution in [2.24, 2.45) is 7.05 Å². The van der Waals surface area contributed by atoms with Gasteiger partial charge in [-0.05, 0) is 24.6 Å². The van der Waals surface area contributed by atoms with E-state index in [0.717, 1.165) is 38.8 Å². The molecule has 0 spiro atoms. The van der Waals surface area contributed by atoms with Crippen LogP contribution in [0.2, 0.25) is 0 Å². The summed E-state index contributed by atoms with van der Waals surface area (Å²) in [4.78, 5) is 12.4. The first kappa shape index (κ1) is 15.5. The monoisotopic (exact) mass is 332 g/mol. The maximum absolute atomic E-state index is 12.4. The minimum atomic E-state index is -0.00351. The standard InChI is InChI=1S/C21H20N2O2/c1-14-16-7-4-6-10-19(16)25-20(14)12-22-21(24)11-15-13-23(2)18-9-5-3-8-17(15)18/h3-10,13H,11-12H2,1-2H3,(H,22,24). The molecule has 0 aliphatic rings. The largest absolute Gasteiger partial charge is 0.459 e. The summed E-state index contributed by atoms with van der Waals surface area (Å²) >= 11 is 0. The topological polar surface area (TPSA) is 47.2 Å². The van der Waals surface area contributed by atoms with Crippen LogP contribution in [-0.2, 0) is 24.8 Å². The molecule has 1 N–H and O–H groups in total. The minimum absolute atomic E-state index is 0.00351. The number of para-hydroxylation sites is 2. The number of aromatic nitrogens is 1. The zero-order valence-electron chi connectivity index (χ0n) is 14.4. The molecule has 0 fully saturated rings. The molecule has 0 saturated heterocycles. The van der Waals surface area contributed by atoms with Gasteiger partial charge in [0.15, 0.2) is 0 Å². The molecule has 0 saturated carbocycles. The molecule has 1 amide bonds. The average molecular weight is 332 g/mol. The smallest absolute Gasteiger partial charge is 0.224 e. The van der Waals surface area contributed by atoms with Gasteiger partial charge in [0.2, 0.25) is 5.91 Å². The van der Waals surface area contributed by atoms with Crippen LogP contribution in [0.15, 0.2) is 59.1 Å². The van der Waals surface area contributed by atoms with Gasteiger partial charge in [-0.2, -0.15) is 0 Å². The second-order valence-electron chi connectivity index (χ2n) is 6.38. The maximum atomic E-state index is 12.4. The zero-order valence-corrected chi connectivity index (χ0v) is 14.4. The summed E-state index contributed by atoms with van der Waals surface area (Å²) in [5, 5.41) is 5.20. The first-order valence-electron chi connectivity index (χ1n) is 8.40. The van der Waals surface area contributed by atoms with Gasteiger partial charge in [0, 0.05) is 35.1 Å². The van der Waals surface area contributed by atoms with E-state index in [1.807, 2.05) is 56.6 Å². The number of carbonyl (C=O) groups excluding carboxylic acids is 1. The molecule has 2 aromatic carbocycles. The third-order valence-corrected chi connectivity index (χ3v) is 4.72. The van der Waals surface area contributed by atoms with Crippen molar-refractivity contribution in [3.05, 3.63) is 71.6 Å². The maximum Gasteiger partial charge on any atom is 0.224 e. The van der Waals surface area contributed by atoms with Gasteiger partial charge in [-0.15, -0.1) is 0 Å². The number of rotatable bonds is 4. The van der Waals surface area contributed by atoms with Crippen molar-refractivity contribution in [3.8, 4) is 0 Å². The van der Waals surface area contributed by atoms with E-state index in [2.05, 4.69) is 22.0 Å². The second kappa shape index (κ2) is 6.13. The summed E-state index contributed by atoms with van der Waals surface area (Å²) in [6.45, 7) is 2.43. The van der Waals surface area contributed by atoms with Crippen molar-refractivity contribution >= 4 is 27.8 Å². The van der Waals surface area contributed by atoms with Gasteiger partial charge in [0.25, 0.3) is 0 Å². The number of fused-ring (bicyclic) bond motifs is 2. The number of aryl methyl sites for hydroxylation is 2. The number of carbonyl (C=O) groups is 1. The number of furan rings is 1. The van der Waals surface area contributed by atoms with E-state index in [9.17, 15) is 4.79 Å². The lowest BCUT2D eigenvalue weighted by molar-refractivity contribution is -0.120. The zero-order chi connectivity index (χ0) is 17.4. The summed E-state index contributed by atoms with van der Waals surface area (Å²) in [5.41, 5.74) is 4.12. The molecule has 0 aliphatic carbocycles. The van der Waals surface area contributed by atoms with Gasteiger partial charge < -0.3 is 14.3 Å². The molecule has 0 radical (unpaired) electrons. The summed E-state index contributed by atoms with van der Waals surface area (Å²) < 4.78 is 7.91. The molecule has 0 bridgehead atoms. The Morgan fingerprint density at radius 3 is 2.60 bits per heavy atom. The number of amides is 1. The van der Waals surface area contributed by atoms with Gasteiger partial charge in [-0.25, -0.2) is 0 Å². The Morgan fingerprint density at radius 1 is 1.08 bits per heavy atom. The van der Waals surface area contributed by atoms with E-state index in [-0.39, 0.29) is 5.91 Å². The quantitative estimate of drug-likeness (QED) is 0.612. The molecule has 4 rings (SSSR count). The van der Waals surface area contributed by atoms with Gasteiger partial charge in [0.05, 0.1) is 13.0 Å². The molecular formula is C21H20N2O2. The highest BCUT2D eigenvalue weighted by Crippen LogP contribution is 2.25. The van der Waals surface area contributed by atoms with Gasteiger partial charge >= 0.3 is 0 Å². The van der Waals surface area contributed by atoms with Crippen LogP contribution in [0.25, 0.3) is 21.9 Å². The molecule has 4 nitrogen and oxygen atoms in total. The van der Waals surface area contributed by atoms with Crippen LogP contribution in [0, 0.1) is 6.92 Å². The Labute approximate surface area is 146 Å². The van der Waals surface area contributed by atoms with Crippen LogP contribution >= 0.6 is 0 Å². The van der Waals surface area contributed by atoms with Crippen LogP contribution in [0.1, 0.15) is 16.9 Å². The molecule has 126 valence electrons. The van der Waals surface area contributed by atoms with Crippen molar-refractivity contribution in [2.45, 2.75) is 19.9 Å². The van der Waals surface area contributed by atoms with E-state index < -0.39 is 0 Å². The summed E-state index contributed by atoms with van der Waals surface area (Å²) in [5.74, 6) is 0.809. The molecule has 0 unspecified atom stereocenters. The minimum Gasteiger partial charge on any atom is -0.459 e. The van der Waals surface area contributed by atoms with E-state index in [1.54, 1.807) is 0 Å². The summed E-state index contributed by atoms with van der Waals surface area (Å²) in [7, 11) is 2.00. The third-order valence-electron chi connectivity index (χ3n) is 4.72. The van der Waals surface area contributed by atoms with E-state index in [1.165, 1.54) is 0 Å². The van der Waals surface area contributed by atoms with Crippen molar-refractivity contribution in [3.63, 3.8) is 0 Å². The Morgan fingerprint density at radius 2 is 1.80 bits per heavy atom. The highest BCUT2D eigenvalue weighted by molar-refractivity contribution is 5.89. The van der Waals surface area contributed by atoms with Crippen LogP contribution in [0.5, 0.6) is 0 Å². The third kappa shape index (κ3) is 2.80. The molecule has 25 heavy (non-hydrogen) atoms. The van der Waals surface area contributed by atoms with E-state index >= 15 is 0 Å². The van der Waals surface area contributed by atoms with Crippen LogP contribution in [-0.4, -0.2) is 10.5 Å². The first-order valence-corrected chi connectivity index (χ1v) is 8.40. The van der Waals surface area contributed by atoms with Crippen molar-refractivity contribution in [1.29, 1.82) is 0 Å². The number of nitrogens with one attached hydrogen (secondary N) is 1. The fourth-order valence-corrected chi connectivity index (χ4v) is 3.37. The molecule has 0 aliphatic heterocycles. The summed E-state index contributed by atoms with van der Waals surface area (Å²) in [6, 6.07) is 16.1.